The van der Waals surface area contributed by atoms with Gasteiger partial charge in [0.25, 0.3) is 0 Å². The summed E-state index contributed by atoms with van der Waals surface area (Å²) < 4.78 is 26.2. The summed E-state index contributed by atoms with van der Waals surface area (Å²) >= 11 is 0. The maximum atomic E-state index is 13.5. The molecule has 0 radical (unpaired) electrons. The molecule has 1 nitrogen and oxygen atoms in total. The lowest BCUT2D eigenvalue weighted by Gasteiger charge is -2.31. The Balaban J connectivity index is 3.24. The molecule has 0 bridgehead atoms. The third kappa shape index (κ3) is 2.17. The molecule has 0 aliphatic carbocycles. The molecule has 1 aromatic carbocycles. The predicted molar refractivity (Wildman–Crippen MR) is 55.4 cm³/mol. The summed E-state index contributed by atoms with van der Waals surface area (Å²) in [7, 11) is 0. The van der Waals surface area contributed by atoms with Gasteiger partial charge in [-0.25, -0.2) is 8.78 Å². The maximum Gasteiger partial charge on any atom is 0.132 e. The van der Waals surface area contributed by atoms with E-state index in [0.717, 1.165) is 6.07 Å². The van der Waals surface area contributed by atoms with Gasteiger partial charge in [-0.2, -0.15) is 0 Å². The van der Waals surface area contributed by atoms with E-state index in [2.05, 4.69) is 0 Å². The molecule has 0 aliphatic rings. The van der Waals surface area contributed by atoms with Gasteiger partial charge in [-0.15, -0.1) is 0 Å². The lowest BCUT2D eigenvalue weighted by molar-refractivity contribution is -0.0171. The van der Waals surface area contributed by atoms with Gasteiger partial charge in [-0.1, -0.05) is 26.8 Å². The predicted octanol–water partition coefficient (Wildman–Crippen LogP) is 3.22. The zero-order chi connectivity index (χ0) is 11.6. The molecule has 0 saturated heterocycles. The fourth-order valence-corrected chi connectivity index (χ4v) is 1.75. The number of benzene rings is 1. The average Bonchev–Trinajstić information content (AvgIpc) is 2.16. The number of rotatable bonds is 3. The van der Waals surface area contributed by atoms with Crippen LogP contribution in [-0.2, 0) is 5.60 Å². The van der Waals surface area contributed by atoms with Crippen LogP contribution in [0, 0.1) is 17.6 Å². The molecule has 0 amide bonds. The first kappa shape index (κ1) is 12.1. The van der Waals surface area contributed by atoms with Gasteiger partial charge < -0.3 is 5.11 Å². The molecule has 0 heterocycles. The molecule has 15 heavy (non-hydrogen) atoms. The minimum absolute atomic E-state index is 0.123. The second-order valence-electron chi connectivity index (χ2n) is 4.06. The van der Waals surface area contributed by atoms with Crippen molar-refractivity contribution in [3.8, 4) is 0 Å². The van der Waals surface area contributed by atoms with Crippen LogP contribution in [0.15, 0.2) is 18.2 Å². The van der Waals surface area contributed by atoms with Crippen molar-refractivity contribution in [3.63, 3.8) is 0 Å². The van der Waals surface area contributed by atoms with Crippen molar-refractivity contribution in [3.05, 3.63) is 35.4 Å². The topological polar surface area (TPSA) is 20.2 Å². The molecule has 0 saturated carbocycles. The molecule has 1 rings (SSSR count). The first-order valence-corrected chi connectivity index (χ1v) is 5.09. The van der Waals surface area contributed by atoms with E-state index in [1.165, 1.54) is 12.1 Å². The molecule has 0 spiro atoms. The third-order valence-corrected chi connectivity index (χ3v) is 2.89. The van der Waals surface area contributed by atoms with Gasteiger partial charge in [-0.3, -0.25) is 0 Å². The van der Waals surface area contributed by atoms with Crippen LogP contribution >= 0.6 is 0 Å². The molecule has 0 aliphatic heterocycles. The van der Waals surface area contributed by atoms with Gasteiger partial charge in [0.15, 0.2) is 0 Å². The Morgan fingerprint density at radius 3 is 2.33 bits per heavy atom. The van der Waals surface area contributed by atoms with E-state index in [9.17, 15) is 13.9 Å². The third-order valence-electron chi connectivity index (χ3n) is 2.89. The Bertz CT molecular complexity index is 349. The van der Waals surface area contributed by atoms with Crippen molar-refractivity contribution in [1.29, 1.82) is 0 Å². The Morgan fingerprint density at radius 2 is 1.93 bits per heavy atom. The summed E-state index contributed by atoms with van der Waals surface area (Å²) in [5.74, 6) is -1.44. The monoisotopic (exact) mass is 214 g/mol. The minimum atomic E-state index is -1.22. The van der Waals surface area contributed by atoms with E-state index >= 15 is 0 Å². The summed E-state index contributed by atoms with van der Waals surface area (Å²) in [4.78, 5) is 0. The molecule has 1 aromatic rings. The molecule has 1 unspecified atom stereocenters. The van der Waals surface area contributed by atoms with E-state index in [1.807, 2.05) is 13.8 Å². The fourth-order valence-electron chi connectivity index (χ4n) is 1.75. The van der Waals surface area contributed by atoms with Crippen LogP contribution in [0.4, 0.5) is 8.78 Å². The SMILES string of the molecule is CCC(O)(c1ccc(F)cc1F)C(C)C. The molecule has 1 N–H and O–H groups in total. The van der Waals surface area contributed by atoms with Crippen LogP contribution in [0.25, 0.3) is 0 Å². The standard InChI is InChI=1S/C12H16F2O/c1-4-12(15,8(2)3)10-6-5-9(13)7-11(10)14/h5-8,15H,4H2,1-3H3. The minimum Gasteiger partial charge on any atom is -0.385 e. The van der Waals surface area contributed by atoms with Crippen LogP contribution in [-0.4, -0.2) is 5.11 Å². The summed E-state index contributed by atoms with van der Waals surface area (Å²) in [6, 6.07) is 3.29. The number of hydrogen-bond acceptors (Lipinski definition) is 1. The van der Waals surface area contributed by atoms with Gasteiger partial charge in [0, 0.05) is 11.6 Å². The molecule has 84 valence electrons. The lowest BCUT2D eigenvalue weighted by atomic mass is 9.81. The van der Waals surface area contributed by atoms with Crippen LogP contribution < -0.4 is 0 Å². The molecular formula is C12H16F2O. The van der Waals surface area contributed by atoms with Gasteiger partial charge in [0.05, 0.1) is 5.60 Å². The molecular weight excluding hydrogens is 198 g/mol. The fraction of sp³-hybridized carbons (Fsp3) is 0.500. The van der Waals surface area contributed by atoms with Gasteiger partial charge in [-0.05, 0) is 18.4 Å². The summed E-state index contributed by atoms with van der Waals surface area (Å²) in [6.45, 7) is 5.40. The Kier molecular flexibility index (Phi) is 3.45. The van der Waals surface area contributed by atoms with Crippen molar-refractivity contribution in [2.24, 2.45) is 5.92 Å². The van der Waals surface area contributed by atoms with Crippen LogP contribution in [0.3, 0.4) is 0 Å². The summed E-state index contributed by atoms with van der Waals surface area (Å²) in [5, 5.41) is 10.3. The van der Waals surface area contributed by atoms with Crippen molar-refractivity contribution in [2.45, 2.75) is 32.8 Å². The number of aliphatic hydroxyl groups is 1. The quantitative estimate of drug-likeness (QED) is 0.819. The molecule has 3 heteroatoms. The zero-order valence-corrected chi connectivity index (χ0v) is 9.22. The average molecular weight is 214 g/mol. The van der Waals surface area contributed by atoms with E-state index in [1.54, 1.807) is 6.92 Å². The van der Waals surface area contributed by atoms with Crippen molar-refractivity contribution in [2.75, 3.05) is 0 Å². The Labute approximate surface area is 88.7 Å². The smallest absolute Gasteiger partial charge is 0.132 e. The first-order chi connectivity index (χ1) is 6.91. The van der Waals surface area contributed by atoms with Gasteiger partial charge >= 0.3 is 0 Å². The van der Waals surface area contributed by atoms with E-state index in [4.69, 9.17) is 0 Å². The van der Waals surface area contributed by atoms with E-state index in [0.29, 0.717) is 6.42 Å². The second-order valence-corrected chi connectivity index (χ2v) is 4.06. The first-order valence-electron chi connectivity index (χ1n) is 5.09. The molecule has 0 aromatic heterocycles. The van der Waals surface area contributed by atoms with E-state index in [-0.39, 0.29) is 11.5 Å². The second kappa shape index (κ2) is 4.27. The van der Waals surface area contributed by atoms with Crippen molar-refractivity contribution in [1.82, 2.24) is 0 Å². The normalized spacial score (nSPS) is 15.4. The van der Waals surface area contributed by atoms with Crippen LogP contribution in [0.1, 0.15) is 32.8 Å². The van der Waals surface area contributed by atoms with Crippen LogP contribution in [0.5, 0.6) is 0 Å². The highest BCUT2D eigenvalue weighted by atomic mass is 19.1. The van der Waals surface area contributed by atoms with Gasteiger partial charge in [0.2, 0.25) is 0 Å². The highest BCUT2D eigenvalue weighted by Gasteiger charge is 2.33. The van der Waals surface area contributed by atoms with E-state index < -0.39 is 17.2 Å². The van der Waals surface area contributed by atoms with Crippen molar-refractivity contribution < 1.29 is 13.9 Å². The summed E-state index contributed by atoms with van der Waals surface area (Å²) in [6.07, 6.45) is 0.396. The zero-order valence-electron chi connectivity index (χ0n) is 9.22. The lowest BCUT2D eigenvalue weighted by Crippen LogP contribution is -2.32. The number of hydrogen-bond donors (Lipinski definition) is 1. The molecule has 1 atom stereocenters. The highest BCUT2D eigenvalue weighted by Crippen LogP contribution is 2.34. The summed E-state index contributed by atoms with van der Waals surface area (Å²) in [5.41, 5.74) is -1.06. The largest absolute Gasteiger partial charge is 0.385 e. The Morgan fingerprint density at radius 1 is 1.33 bits per heavy atom. The Hall–Kier alpha value is -0.960. The molecule has 0 fully saturated rings. The number of halogens is 2. The maximum absolute atomic E-state index is 13.5. The highest BCUT2D eigenvalue weighted by molar-refractivity contribution is 5.25. The van der Waals surface area contributed by atoms with Gasteiger partial charge in [0.1, 0.15) is 11.6 Å². The van der Waals surface area contributed by atoms with Crippen molar-refractivity contribution >= 4 is 0 Å². The van der Waals surface area contributed by atoms with Crippen LogP contribution in [0.2, 0.25) is 0 Å².